The number of hydrogen-bond acceptors (Lipinski definition) is 4. The Morgan fingerprint density at radius 2 is 1.83 bits per heavy atom. The van der Waals surface area contributed by atoms with Gasteiger partial charge in [0.1, 0.15) is 11.5 Å². The van der Waals surface area contributed by atoms with Crippen LogP contribution in [0.4, 0.5) is 13.2 Å². The van der Waals surface area contributed by atoms with Gasteiger partial charge in [-0.3, -0.25) is 4.79 Å². The van der Waals surface area contributed by atoms with Crippen molar-refractivity contribution in [3.8, 4) is 11.5 Å². The minimum absolute atomic E-state index is 0. The first-order valence-corrected chi connectivity index (χ1v) is 8.90. The molecule has 2 atom stereocenters. The second kappa shape index (κ2) is 11.4. The van der Waals surface area contributed by atoms with Gasteiger partial charge in [-0.05, 0) is 43.1 Å². The van der Waals surface area contributed by atoms with E-state index in [9.17, 15) is 18.0 Å². The van der Waals surface area contributed by atoms with Crippen molar-refractivity contribution in [1.29, 1.82) is 0 Å². The van der Waals surface area contributed by atoms with Gasteiger partial charge in [0.25, 0.3) is 5.91 Å². The van der Waals surface area contributed by atoms with Gasteiger partial charge < -0.3 is 20.1 Å². The fourth-order valence-electron chi connectivity index (χ4n) is 3.36. The number of carbonyl (C=O) groups is 1. The Kier molecular flexibility index (Phi) is 9.86. The molecule has 10 heteroatoms. The molecule has 5 nitrogen and oxygen atoms in total. The van der Waals surface area contributed by atoms with Crippen LogP contribution in [0.1, 0.15) is 34.8 Å². The van der Waals surface area contributed by atoms with Crippen molar-refractivity contribution in [3.05, 3.63) is 59.7 Å². The van der Waals surface area contributed by atoms with Crippen LogP contribution >= 0.6 is 27.0 Å². The summed E-state index contributed by atoms with van der Waals surface area (Å²) in [5, 5.41) is 6.32. The van der Waals surface area contributed by atoms with E-state index in [4.69, 9.17) is 4.74 Å². The number of halogens is 3. The first-order valence-electron chi connectivity index (χ1n) is 8.90. The molecule has 0 radical (unpaired) electrons. The zero-order chi connectivity index (χ0) is 20.1. The number of amides is 1. The van der Waals surface area contributed by atoms with Crippen LogP contribution in [-0.4, -0.2) is 32.0 Å². The van der Waals surface area contributed by atoms with E-state index in [1.54, 1.807) is 0 Å². The molecule has 1 aliphatic rings. The van der Waals surface area contributed by atoms with E-state index < -0.39 is 18.0 Å². The lowest BCUT2D eigenvalue weighted by Gasteiger charge is -2.33. The van der Waals surface area contributed by atoms with E-state index in [2.05, 4.69) is 15.4 Å². The van der Waals surface area contributed by atoms with Gasteiger partial charge in [0.15, 0.2) is 0 Å². The molecule has 30 heavy (non-hydrogen) atoms. The lowest BCUT2D eigenvalue weighted by molar-refractivity contribution is -0.274. The minimum Gasteiger partial charge on any atom is -0.496 e. The topological polar surface area (TPSA) is 59.6 Å². The molecule has 166 valence electrons. The number of benzene rings is 2. The van der Waals surface area contributed by atoms with Crippen LogP contribution in [0.2, 0.25) is 0 Å². The maximum absolute atomic E-state index is 12.8. The molecule has 1 saturated heterocycles. The molecule has 1 heterocycles. The zero-order valence-electron chi connectivity index (χ0n) is 16.3. The predicted molar refractivity (Wildman–Crippen MR) is 118 cm³/mol. The van der Waals surface area contributed by atoms with Gasteiger partial charge in [-0.2, -0.15) is 27.0 Å². The summed E-state index contributed by atoms with van der Waals surface area (Å²) in [4.78, 5) is 12.8. The van der Waals surface area contributed by atoms with E-state index in [0.717, 1.165) is 37.1 Å². The van der Waals surface area contributed by atoms with Crippen LogP contribution in [-0.2, 0) is 0 Å². The van der Waals surface area contributed by atoms with Crippen molar-refractivity contribution in [2.24, 2.45) is 0 Å². The summed E-state index contributed by atoms with van der Waals surface area (Å²) < 4.78 is 46.6. The van der Waals surface area contributed by atoms with Crippen LogP contribution in [0.25, 0.3) is 0 Å². The van der Waals surface area contributed by atoms with E-state index in [-0.39, 0.29) is 50.4 Å². The van der Waals surface area contributed by atoms with Gasteiger partial charge in [-0.15, -0.1) is 13.2 Å². The van der Waals surface area contributed by atoms with Crippen molar-refractivity contribution < 1.29 is 27.4 Å². The molecule has 2 aromatic carbocycles. The third-order valence-corrected chi connectivity index (χ3v) is 4.58. The Morgan fingerprint density at radius 3 is 2.47 bits per heavy atom. The number of methoxy groups -OCH3 is 1. The second-order valence-electron chi connectivity index (χ2n) is 6.47. The molecule has 0 spiro atoms. The molecule has 1 aliphatic heterocycles. The maximum atomic E-state index is 12.8. The van der Waals surface area contributed by atoms with Gasteiger partial charge in [-0.25, -0.2) is 0 Å². The number of ether oxygens (including phenoxy) is 2. The van der Waals surface area contributed by atoms with Crippen molar-refractivity contribution in [2.75, 3.05) is 13.7 Å². The summed E-state index contributed by atoms with van der Waals surface area (Å²) in [6.07, 6.45) is -3.21. The first kappa shape index (κ1) is 26.0. The van der Waals surface area contributed by atoms with E-state index in [0.29, 0.717) is 0 Å². The van der Waals surface area contributed by atoms with Crippen LogP contribution in [0, 0.1) is 0 Å². The van der Waals surface area contributed by atoms with Crippen LogP contribution in [0.3, 0.4) is 0 Å². The van der Waals surface area contributed by atoms with Crippen molar-refractivity contribution in [2.45, 2.75) is 31.3 Å². The molecule has 1 amide bonds. The van der Waals surface area contributed by atoms with Crippen LogP contribution in [0.15, 0.2) is 48.5 Å². The molecule has 0 aliphatic carbocycles. The van der Waals surface area contributed by atoms with Crippen molar-refractivity contribution in [1.82, 2.24) is 10.6 Å². The molecule has 0 aromatic heterocycles. The lowest BCUT2D eigenvalue weighted by Crippen LogP contribution is -2.48. The Hall–Kier alpha value is -2.04. The molecule has 0 unspecified atom stereocenters. The quantitative estimate of drug-likeness (QED) is 0.704. The molecule has 0 saturated carbocycles. The second-order valence-corrected chi connectivity index (χ2v) is 6.47. The fourth-order valence-corrected chi connectivity index (χ4v) is 3.36. The van der Waals surface area contributed by atoms with E-state index in [1.165, 1.54) is 13.2 Å². The third-order valence-electron chi connectivity index (χ3n) is 4.58. The average Bonchev–Trinajstić information content (AvgIpc) is 2.68. The van der Waals surface area contributed by atoms with Gasteiger partial charge in [0.05, 0.1) is 18.7 Å². The first-order chi connectivity index (χ1) is 13.4. The smallest absolute Gasteiger partial charge is 0.496 e. The Morgan fingerprint density at radius 1 is 1.13 bits per heavy atom. The zero-order valence-corrected chi connectivity index (χ0v) is 18.3. The van der Waals surface area contributed by atoms with Crippen molar-refractivity contribution in [3.63, 3.8) is 0 Å². The standard InChI is InChI=1S/C20H21F3N2O3.2H2S/c1-27-17-10-9-14(28-20(21,22)23)12-15(17)19(26)25-16-8-5-11-24-18(16)13-6-3-2-4-7-13;;/h2-4,6-7,9-10,12,16,18,24H,5,8,11H2,1H3,(H,25,26);2*1H2/t16-,18-;;/m0../s1. The number of piperidine rings is 1. The van der Waals surface area contributed by atoms with Crippen LogP contribution < -0.4 is 20.1 Å². The Balaban J connectivity index is 0.00000225. The number of hydrogen-bond donors (Lipinski definition) is 2. The number of nitrogens with one attached hydrogen (secondary N) is 2. The SMILES string of the molecule is COc1ccc(OC(F)(F)F)cc1C(=O)N[C@H]1CCCN[C@H]1c1ccccc1.S.S. The number of carbonyl (C=O) groups excluding carboxylic acids is 1. The third kappa shape index (κ3) is 6.75. The predicted octanol–water partition coefficient (Wildman–Crippen LogP) is 4.04. The molecular formula is C20H25F3N2O3S2. The summed E-state index contributed by atoms with van der Waals surface area (Å²) >= 11 is 0. The van der Waals surface area contributed by atoms with Gasteiger partial charge in [0.2, 0.25) is 0 Å². The summed E-state index contributed by atoms with van der Waals surface area (Å²) in [6, 6.07) is 12.8. The fraction of sp³-hybridized carbons (Fsp3) is 0.350. The number of rotatable bonds is 5. The highest BCUT2D eigenvalue weighted by molar-refractivity contribution is 7.59. The van der Waals surface area contributed by atoms with Gasteiger partial charge in [0, 0.05) is 6.04 Å². The molecule has 2 N–H and O–H groups in total. The van der Waals surface area contributed by atoms with E-state index in [1.807, 2.05) is 30.3 Å². The molecular weight excluding hydrogens is 437 g/mol. The summed E-state index contributed by atoms with van der Waals surface area (Å²) in [6.45, 7) is 0.824. The lowest BCUT2D eigenvalue weighted by atomic mass is 9.92. The largest absolute Gasteiger partial charge is 0.573 e. The highest BCUT2D eigenvalue weighted by Gasteiger charge is 2.32. The minimum atomic E-state index is -4.84. The van der Waals surface area contributed by atoms with Crippen molar-refractivity contribution >= 4 is 32.9 Å². The van der Waals surface area contributed by atoms with Crippen LogP contribution in [0.5, 0.6) is 11.5 Å². The van der Waals surface area contributed by atoms with Gasteiger partial charge >= 0.3 is 6.36 Å². The Bertz CT molecular complexity index is 823. The Labute approximate surface area is 187 Å². The molecule has 3 rings (SSSR count). The summed E-state index contributed by atoms with van der Waals surface area (Å²) in [5.41, 5.74) is 1.02. The molecule has 0 bridgehead atoms. The average molecular weight is 463 g/mol. The normalized spacial score (nSPS) is 18.4. The highest BCUT2D eigenvalue weighted by atomic mass is 32.1. The number of alkyl halides is 3. The maximum Gasteiger partial charge on any atom is 0.573 e. The monoisotopic (exact) mass is 462 g/mol. The van der Waals surface area contributed by atoms with E-state index >= 15 is 0 Å². The summed E-state index contributed by atoms with van der Waals surface area (Å²) in [7, 11) is 1.35. The highest BCUT2D eigenvalue weighted by Crippen LogP contribution is 2.29. The van der Waals surface area contributed by atoms with Gasteiger partial charge in [-0.1, -0.05) is 30.3 Å². The molecule has 1 fully saturated rings. The summed E-state index contributed by atoms with van der Waals surface area (Å²) in [5.74, 6) is -0.814. The molecule has 2 aromatic rings.